The van der Waals surface area contributed by atoms with Crippen molar-refractivity contribution in [2.75, 3.05) is 6.54 Å². The fraction of sp³-hybridized carbons (Fsp3) is 0.429. The molecule has 0 aliphatic carbocycles. The second-order valence-corrected chi connectivity index (χ2v) is 4.66. The molecular formula is C14H17NO2. The van der Waals surface area contributed by atoms with Crippen molar-refractivity contribution in [1.82, 2.24) is 4.90 Å². The van der Waals surface area contributed by atoms with Gasteiger partial charge in [-0.15, -0.1) is 0 Å². The minimum absolute atomic E-state index is 0.145. The zero-order valence-corrected chi connectivity index (χ0v) is 10.3. The highest BCUT2D eigenvalue weighted by Crippen LogP contribution is 2.23. The van der Waals surface area contributed by atoms with Crippen LogP contribution in [-0.4, -0.2) is 23.3 Å². The molecule has 0 spiro atoms. The van der Waals surface area contributed by atoms with Gasteiger partial charge < -0.3 is 0 Å². The first-order valence-corrected chi connectivity index (χ1v) is 6.10. The Hall–Kier alpha value is -1.64. The lowest BCUT2D eigenvalue weighted by atomic mass is 10.1. The summed E-state index contributed by atoms with van der Waals surface area (Å²) in [5.41, 5.74) is 1.09. The van der Waals surface area contributed by atoms with Crippen LogP contribution in [0.2, 0.25) is 0 Å². The van der Waals surface area contributed by atoms with E-state index in [1.165, 1.54) is 4.90 Å². The summed E-state index contributed by atoms with van der Waals surface area (Å²) in [6.45, 7) is 4.71. The van der Waals surface area contributed by atoms with Crippen LogP contribution in [0.5, 0.6) is 0 Å². The summed E-state index contributed by atoms with van der Waals surface area (Å²) in [7, 11) is 0. The number of fused-ring (bicyclic) bond motifs is 1. The summed E-state index contributed by atoms with van der Waals surface area (Å²) in [4.78, 5) is 25.5. The molecule has 1 heterocycles. The lowest BCUT2D eigenvalue weighted by Gasteiger charge is -2.18. The maximum Gasteiger partial charge on any atom is 0.261 e. The molecule has 3 heteroatoms. The summed E-state index contributed by atoms with van der Waals surface area (Å²) in [5.74, 6) is 0.0734. The van der Waals surface area contributed by atoms with Gasteiger partial charge in [0.15, 0.2) is 0 Å². The zero-order chi connectivity index (χ0) is 12.4. The van der Waals surface area contributed by atoms with E-state index >= 15 is 0 Å². The molecule has 1 aliphatic heterocycles. The second kappa shape index (κ2) is 4.70. The Balaban J connectivity index is 2.19. The number of carbonyl (C=O) groups is 2. The summed E-state index contributed by atoms with van der Waals surface area (Å²) in [6.07, 6.45) is 2.11. The Morgan fingerprint density at radius 2 is 1.65 bits per heavy atom. The number of nitrogens with zero attached hydrogens (tertiary/aromatic N) is 1. The van der Waals surface area contributed by atoms with E-state index in [2.05, 4.69) is 13.8 Å². The quantitative estimate of drug-likeness (QED) is 0.747. The first-order chi connectivity index (χ1) is 8.15. The van der Waals surface area contributed by atoms with Gasteiger partial charge in [0.1, 0.15) is 0 Å². The lowest BCUT2D eigenvalue weighted by molar-refractivity contribution is 0.0630. The lowest BCUT2D eigenvalue weighted by Crippen LogP contribution is -2.33. The van der Waals surface area contributed by atoms with Crippen LogP contribution < -0.4 is 0 Å². The van der Waals surface area contributed by atoms with Crippen molar-refractivity contribution in [1.29, 1.82) is 0 Å². The Morgan fingerprint density at radius 1 is 1.12 bits per heavy atom. The van der Waals surface area contributed by atoms with Crippen LogP contribution in [0.25, 0.3) is 0 Å². The third kappa shape index (κ3) is 2.09. The molecule has 2 rings (SSSR count). The molecule has 1 aromatic carbocycles. The molecule has 17 heavy (non-hydrogen) atoms. The average Bonchev–Trinajstić information content (AvgIpc) is 2.56. The maximum absolute atomic E-state index is 12.1. The third-order valence-corrected chi connectivity index (χ3v) is 3.15. The van der Waals surface area contributed by atoms with Crippen molar-refractivity contribution in [3.8, 4) is 0 Å². The molecule has 0 N–H and O–H groups in total. The SMILES string of the molecule is CCC[C@@H](C)CN1C(=O)c2ccccc2C1=O. The highest BCUT2D eigenvalue weighted by molar-refractivity contribution is 6.21. The van der Waals surface area contributed by atoms with Crippen molar-refractivity contribution in [2.45, 2.75) is 26.7 Å². The summed E-state index contributed by atoms with van der Waals surface area (Å²) in [6, 6.07) is 7.03. The second-order valence-electron chi connectivity index (χ2n) is 4.66. The van der Waals surface area contributed by atoms with Crippen molar-refractivity contribution in [3.05, 3.63) is 35.4 Å². The van der Waals surface area contributed by atoms with Gasteiger partial charge in [0, 0.05) is 6.54 Å². The van der Waals surface area contributed by atoms with Gasteiger partial charge in [0.25, 0.3) is 11.8 Å². The monoisotopic (exact) mass is 231 g/mol. The molecule has 1 aliphatic rings. The number of hydrogen-bond donors (Lipinski definition) is 0. The Bertz CT molecular complexity index is 418. The minimum atomic E-state index is -0.145. The fourth-order valence-corrected chi connectivity index (χ4v) is 2.30. The number of benzene rings is 1. The van der Waals surface area contributed by atoms with Gasteiger partial charge in [-0.2, -0.15) is 0 Å². The van der Waals surface area contributed by atoms with Crippen molar-refractivity contribution in [3.63, 3.8) is 0 Å². The number of hydrogen-bond acceptors (Lipinski definition) is 2. The number of carbonyl (C=O) groups excluding carboxylic acids is 2. The third-order valence-electron chi connectivity index (χ3n) is 3.15. The standard InChI is InChI=1S/C14H17NO2/c1-3-6-10(2)9-15-13(16)11-7-4-5-8-12(11)14(15)17/h4-5,7-8,10H,3,6,9H2,1-2H3/t10-/m1/s1. The van der Waals surface area contributed by atoms with E-state index in [4.69, 9.17) is 0 Å². The van der Waals surface area contributed by atoms with Crippen LogP contribution in [0.1, 0.15) is 47.4 Å². The Kier molecular flexibility index (Phi) is 3.27. The number of imide groups is 1. The molecule has 1 atom stereocenters. The van der Waals surface area contributed by atoms with E-state index in [1.807, 2.05) is 0 Å². The van der Waals surface area contributed by atoms with Crippen LogP contribution in [-0.2, 0) is 0 Å². The van der Waals surface area contributed by atoms with Crippen LogP contribution >= 0.6 is 0 Å². The predicted octanol–water partition coefficient (Wildman–Crippen LogP) is 2.72. The van der Waals surface area contributed by atoms with Crippen molar-refractivity contribution < 1.29 is 9.59 Å². The van der Waals surface area contributed by atoms with Crippen LogP contribution in [0, 0.1) is 5.92 Å². The molecule has 1 aromatic rings. The van der Waals surface area contributed by atoms with E-state index in [0.29, 0.717) is 23.6 Å². The minimum Gasteiger partial charge on any atom is -0.274 e. The fourth-order valence-electron chi connectivity index (χ4n) is 2.30. The number of amides is 2. The van der Waals surface area contributed by atoms with E-state index < -0.39 is 0 Å². The highest BCUT2D eigenvalue weighted by atomic mass is 16.2. The first-order valence-electron chi connectivity index (χ1n) is 6.10. The zero-order valence-electron chi connectivity index (χ0n) is 10.3. The summed E-state index contributed by atoms with van der Waals surface area (Å²) >= 11 is 0. The van der Waals surface area contributed by atoms with Crippen LogP contribution in [0.15, 0.2) is 24.3 Å². The van der Waals surface area contributed by atoms with E-state index in [9.17, 15) is 9.59 Å². The molecule has 0 unspecified atom stereocenters. The molecule has 0 saturated heterocycles. The van der Waals surface area contributed by atoms with Gasteiger partial charge in [0.2, 0.25) is 0 Å². The smallest absolute Gasteiger partial charge is 0.261 e. The van der Waals surface area contributed by atoms with Gasteiger partial charge in [0.05, 0.1) is 11.1 Å². The predicted molar refractivity (Wildman–Crippen MR) is 65.9 cm³/mol. The van der Waals surface area contributed by atoms with Gasteiger partial charge in [-0.1, -0.05) is 32.4 Å². The van der Waals surface area contributed by atoms with E-state index in [0.717, 1.165) is 12.8 Å². The summed E-state index contributed by atoms with van der Waals surface area (Å²) in [5, 5.41) is 0. The molecule has 90 valence electrons. The normalized spacial score (nSPS) is 16.2. The molecule has 0 aromatic heterocycles. The topological polar surface area (TPSA) is 37.4 Å². The van der Waals surface area contributed by atoms with Gasteiger partial charge in [-0.05, 0) is 24.5 Å². The largest absolute Gasteiger partial charge is 0.274 e. The Morgan fingerprint density at radius 3 is 2.12 bits per heavy atom. The average molecular weight is 231 g/mol. The summed E-state index contributed by atoms with van der Waals surface area (Å²) < 4.78 is 0. The van der Waals surface area contributed by atoms with E-state index in [1.54, 1.807) is 24.3 Å². The number of rotatable bonds is 4. The van der Waals surface area contributed by atoms with Gasteiger partial charge >= 0.3 is 0 Å². The molecular weight excluding hydrogens is 214 g/mol. The molecule has 0 fully saturated rings. The van der Waals surface area contributed by atoms with Crippen LogP contribution in [0.4, 0.5) is 0 Å². The molecule has 0 radical (unpaired) electrons. The van der Waals surface area contributed by atoms with E-state index in [-0.39, 0.29) is 11.8 Å². The molecule has 3 nitrogen and oxygen atoms in total. The molecule has 2 amide bonds. The maximum atomic E-state index is 12.1. The van der Waals surface area contributed by atoms with Crippen molar-refractivity contribution in [2.24, 2.45) is 5.92 Å². The molecule has 0 saturated carbocycles. The van der Waals surface area contributed by atoms with Crippen molar-refractivity contribution >= 4 is 11.8 Å². The highest BCUT2D eigenvalue weighted by Gasteiger charge is 2.35. The Labute approximate surface area is 101 Å². The van der Waals surface area contributed by atoms with Gasteiger partial charge in [-0.25, -0.2) is 0 Å². The molecule has 0 bridgehead atoms. The first kappa shape index (κ1) is 11.8. The van der Waals surface area contributed by atoms with Gasteiger partial charge in [-0.3, -0.25) is 14.5 Å². The van der Waals surface area contributed by atoms with Crippen LogP contribution in [0.3, 0.4) is 0 Å².